The van der Waals surface area contributed by atoms with Crippen molar-refractivity contribution in [3.63, 3.8) is 0 Å². The summed E-state index contributed by atoms with van der Waals surface area (Å²) in [6, 6.07) is 4.70. The lowest BCUT2D eigenvalue weighted by atomic mass is 10.1. The summed E-state index contributed by atoms with van der Waals surface area (Å²) < 4.78 is 0. The number of rotatable bonds is 6. The maximum absolute atomic E-state index is 9.45. The van der Waals surface area contributed by atoms with Crippen LogP contribution in [-0.4, -0.2) is 45.5 Å². The fourth-order valence-corrected chi connectivity index (χ4v) is 1.76. The Balaban J connectivity index is 2.40. The molecular weight excluding hydrogens is 360 g/mol. The van der Waals surface area contributed by atoms with Crippen molar-refractivity contribution in [1.82, 2.24) is 21.5 Å². The Labute approximate surface area is 157 Å². The number of thiocarbonyl (C=S) groups is 2. The van der Waals surface area contributed by atoms with Crippen LogP contribution in [-0.2, 0) is 6.42 Å². The maximum atomic E-state index is 9.45. The lowest BCUT2D eigenvalue weighted by Gasteiger charge is -2.09. The molecule has 25 heavy (non-hydrogen) atoms. The number of nitrogens with zero attached hydrogens (tertiary/aromatic N) is 2. The van der Waals surface area contributed by atoms with Crippen molar-refractivity contribution < 1.29 is 10.2 Å². The molecule has 8 nitrogen and oxygen atoms in total. The van der Waals surface area contributed by atoms with E-state index in [2.05, 4.69) is 31.7 Å². The molecule has 0 aliphatic carbocycles. The lowest BCUT2D eigenvalue weighted by molar-refractivity contribution is 0.403. The third kappa shape index (κ3) is 7.77. The molecule has 1 aromatic rings. The van der Waals surface area contributed by atoms with E-state index in [9.17, 15) is 10.2 Å². The van der Waals surface area contributed by atoms with Crippen molar-refractivity contribution in [2.45, 2.75) is 20.3 Å². The van der Waals surface area contributed by atoms with Gasteiger partial charge >= 0.3 is 0 Å². The Morgan fingerprint density at radius 3 is 2.16 bits per heavy atom. The van der Waals surface area contributed by atoms with Crippen LogP contribution in [0, 0.1) is 0 Å². The zero-order valence-corrected chi connectivity index (χ0v) is 15.9. The van der Waals surface area contributed by atoms with Gasteiger partial charge in [0.2, 0.25) is 0 Å². The standard InChI is InChI=1S/C15H22N6O2S2/c1-9(18-20-14(24)16-3)10(2)19-21-15(25)17-7-6-11-4-5-12(22)13(23)8-11/h4-5,8,22-23H,6-7H2,1-3H3,(H2,16,20,24)(H2,17,21,25)/b18-9+,19-10+. The van der Waals surface area contributed by atoms with E-state index in [1.54, 1.807) is 27.0 Å². The SMILES string of the molecule is CNC(=S)N/N=C(C)/C(C)=N/NC(=S)NCCc1ccc(O)c(O)c1. The Morgan fingerprint density at radius 2 is 1.60 bits per heavy atom. The summed E-state index contributed by atoms with van der Waals surface area (Å²) in [5.74, 6) is -0.278. The predicted octanol–water partition coefficient (Wildman–Crippen LogP) is 0.950. The maximum Gasteiger partial charge on any atom is 0.186 e. The first-order valence-corrected chi connectivity index (χ1v) is 8.26. The monoisotopic (exact) mass is 382 g/mol. The first-order valence-electron chi connectivity index (χ1n) is 7.45. The molecule has 0 aromatic heterocycles. The van der Waals surface area contributed by atoms with Gasteiger partial charge in [-0.1, -0.05) is 6.07 Å². The number of aromatic hydroxyl groups is 2. The van der Waals surface area contributed by atoms with E-state index in [-0.39, 0.29) is 11.5 Å². The molecule has 1 rings (SSSR count). The van der Waals surface area contributed by atoms with Crippen LogP contribution in [0.15, 0.2) is 28.4 Å². The number of phenols is 2. The highest BCUT2D eigenvalue weighted by Gasteiger charge is 2.02. The van der Waals surface area contributed by atoms with Crippen molar-refractivity contribution in [2.24, 2.45) is 10.2 Å². The second-order valence-corrected chi connectivity index (χ2v) is 5.84. The van der Waals surface area contributed by atoms with Crippen molar-refractivity contribution in [2.75, 3.05) is 13.6 Å². The van der Waals surface area contributed by atoms with Gasteiger partial charge in [-0.2, -0.15) is 10.2 Å². The highest BCUT2D eigenvalue weighted by molar-refractivity contribution is 7.80. The van der Waals surface area contributed by atoms with E-state index < -0.39 is 0 Å². The van der Waals surface area contributed by atoms with Crippen LogP contribution in [0.4, 0.5) is 0 Å². The summed E-state index contributed by atoms with van der Waals surface area (Å²) >= 11 is 10.1. The zero-order valence-electron chi connectivity index (χ0n) is 14.3. The molecule has 0 fully saturated rings. The molecule has 0 bridgehead atoms. The summed E-state index contributed by atoms with van der Waals surface area (Å²) in [5.41, 5.74) is 7.59. The van der Waals surface area contributed by atoms with E-state index in [1.165, 1.54) is 12.1 Å². The molecule has 0 spiro atoms. The van der Waals surface area contributed by atoms with Gasteiger partial charge in [0.1, 0.15) is 0 Å². The minimum Gasteiger partial charge on any atom is -0.504 e. The minimum absolute atomic E-state index is 0.138. The van der Waals surface area contributed by atoms with E-state index >= 15 is 0 Å². The highest BCUT2D eigenvalue weighted by Crippen LogP contribution is 2.24. The third-order valence-corrected chi connectivity index (χ3v) is 3.67. The van der Waals surface area contributed by atoms with E-state index in [1.807, 2.05) is 0 Å². The highest BCUT2D eigenvalue weighted by atomic mass is 32.1. The van der Waals surface area contributed by atoms with E-state index in [4.69, 9.17) is 24.4 Å². The molecular formula is C15H22N6O2S2. The van der Waals surface area contributed by atoms with Gasteiger partial charge < -0.3 is 20.8 Å². The summed E-state index contributed by atoms with van der Waals surface area (Å²) in [4.78, 5) is 0. The van der Waals surface area contributed by atoms with Crippen molar-refractivity contribution in [3.05, 3.63) is 23.8 Å². The number of hydrogen-bond donors (Lipinski definition) is 6. The van der Waals surface area contributed by atoms with Crippen molar-refractivity contribution >= 4 is 46.1 Å². The first kappa shape index (κ1) is 20.6. The van der Waals surface area contributed by atoms with Gasteiger partial charge in [-0.25, -0.2) is 0 Å². The second kappa shape index (κ2) is 10.4. The van der Waals surface area contributed by atoms with Crippen LogP contribution < -0.4 is 21.5 Å². The molecule has 0 aliphatic heterocycles. The van der Waals surface area contributed by atoms with Gasteiger partial charge in [-0.3, -0.25) is 10.9 Å². The molecule has 0 atom stereocenters. The summed E-state index contributed by atoms with van der Waals surface area (Å²) in [7, 11) is 1.70. The van der Waals surface area contributed by atoms with Crippen LogP contribution in [0.1, 0.15) is 19.4 Å². The van der Waals surface area contributed by atoms with Gasteiger partial charge in [0, 0.05) is 13.6 Å². The average Bonchev–Trinajstić information content (AvgIpc) is 2.60. The number of phenolic OH excluding ortho intramolecular Hbond substituents is 2. The van der Waals surface area contributed by atoms with Gasteiger partial charge in [-0.05, 0) is 62.4 Å². The third-order valence-electron chi connectivity index (χ3n) is 3.14. The summed E-state index contributed by atoms with van der Waals surface area (Å²) in [6.45, 7) is 4.13. The van der Waals surface area contributed by atoms with Gasteiger partial charge in [0.15, 0.2) is 21.7 Å². The molecule has 0 heterocycles. The Kier molecular flexibility index (Phi) is 8.57. The summed E-state index contributed by atoms with van der Waals surface area (Å²) in [5, 5.41) is 33.5. The summed E-state index contributed by atoms with van der Waals surface area (Å²) in [6.07, 6.45) is 0.629. The van der Waals surface area contributed by atoms with Gasteiger partial charge in [-0.15, -0.1) is 0 Å². The fourth-order valence-electron chi connectivity index (χ4n) is 1.57. The normalized spacial score (nSPS) is 11.6. The molecule has 136 valence electrons. The van der Waals surface area contributed by atoms with E-state index in [0.29, 0.717) is 34.6 Å². The molecule has 0 amide bonds. The molecule has 0 saturated heterocycles. The van der Waals surface area contributed by atoms with Gasteiger partial charge in [0.25, 0.3) is 0 Å². The lowest BCUT2D eigenvalue weighted by Crippen LogP contribution is -2.34. The molecule has 10 heteroatoms. The average molecular weight is 383 g/mol. The van der Waals surface area contributed by atoms with Crippen LogP contribution in [0.25, 0.3) is 0 Å². The topological polar surface area (TPSA) is 113 Å². The van der Waals surface area contributed by atoms with E-state index in [0.717, 1.165) is 5.56 Å². The number of benzene rings is 1. The second-order valence-electron chi connectivity index (χ2n) is 5.03. The van der Waals surface area contributed by atoms with Crippen molar-refractivity contribution in [1.29, 1.82) is 0 Å². The number of hydrazone groups is 2. The van der Waals surface area contributed by atoms with Crippen LogP contribution in [0.5, 0.6) is 11.5 Å². The molecule has 0 aliphatic rings. The van der Waals surface area contributed by atoms with Crippen molar-refractivity contribution in [3.8, 4) is 11.5 Å². The first-order chi connectivity index (χ1) is 11.8. The number of nitrogens with one attached hydrogen (secondary N) is 4. The predicted molar refractivity (Wildman–Crippen MR) is 108 cm³/mol. The number of hydrogen-bond acceptors (Lipinski definition) is 6. The quantitative estimate of drug-likeness (QED) is 0.187. The van der Waals surface area contributed by atoms with Crippen LogP contribution in [0.2, 0.25) is 0 Å². The van der Waals surface area contributed by atoms with Crippen LogP contribution >= 0.6 is 24.4 Å². The fraction of sp³-hybridized carbons (Fsp3) is 0.333. The molecule has 0 unspecified atom stereocenters. The minimum atomic E-state index is -0.139. The molecule has 0 saturated carbocycles. The Morgan fingerprint density at radius 1 is 1.00 bits per heavy atom. The molecule has 6 N–H and O–H groups in total. The van der Waals surface area contributed by atoms with Crippen LogP contribution in [0.3, 0.4) is 0 Å². The Bertz CT molecular complexity index is 691. The Hall–Kier alpha value is -2.46. The zero-order chi connectivity index (χ0) is 18.8. The molecule has 1 aromatic carbocycles. The smallest absolute Gasteiger partial charge is 0.186 e. The largest absolute Gasteiger partial charge is 0.504 e. The van der Waals surface area contributed by atoms with Gasteiger partial charge in [0.05, 0.1) is 11.4 Å². The molecule has 0 radical (unpaired) electrons.